The molecule has 108 valence electrons. The van der Waals surface area contributed by atoms with Crippen LogP contribution in [0.4, 0.5) is 11.5 Å². The summed E-state index contributed by atoms with van der Waals surface area (Å²) in [7, 11) is 1.74. The minimum atomic E-state index is -0.468. The first-order valence-electron chi connectivity index (χ1n) is 6.47. The Morgan fingerprint density at radius 3 is 2.90 bits per heavy atom. The minimum Gasteiger partial charge on any atom is -0.358 e. The monoisotopic (exact) mass is 287 g/mol. The van der Waals surface area contributed by atoms with Gasteiger partial charge < -0.3 is 10.2 Å². The molecule has 1 aromatic carbocycles. The van der Waals surface area contributed by atoms with Crippen molar-refractivity contribution in [3.63, 3.8) is 0 Å². The van der Waals surface area contributed by atoms with Crippen LogP contribution in [0.15, 0.2) is 24.5 Å². The van der Waals surface area contributed by atoms with Crippen LogP contribution < -0.4 is 5.32 Å². The molecule has 2 aromatic rings. The number of likely N-dealkylation sites (tertiary alicyclic amines) is 1. The summed E-state index contributed by atoms with van der Waals surface area (Å²) in [6.07, 6.45) is 2.05. The molecule has 8 nitrogen and oxygen atoms in total. The van der Waals surface area contributed by atoms with Crippen molar-refractivity contribution in [1.82, 2.24) is 14.9 Å². The van der Waals surface area contributed by atoms with Crippen LogP contribution in [0.3, 0.4) is 0 Å². The minimum absolute atomic E-state index is 0.00723. The fourth-order valence-electron chi connectivity index (χ4n) is 2.39. The number of nitrogens with zero attached hydrogens (tertiary/aromatic N) is 4. The molecule has 1 unspecified atom stereocenters. The summed E-state index contributed by atoms with van der Waals surface area (Å²) in [4.78, 5) is 32.2. The first-order chi connectivity index (χ1) is 10.1. The van der Waals surface area contributed by atoms with Gasteiger partial charge in [0.15, 0.2) is 0 Å². The Labute approximate surface area is 119 Å². The molecule has 1 saturated heterocycles. The van der Waals surface area contributed by atoms with Crippen LogP contribution in [0.1, 0.15) is 6.42 Å². The highest BCUT2D eigenvalue weighted by Gasteiger charge is 2.29. The number of fused-ring (bicyclic) bond motifs is 1. The van der Waals surface area contributed by atoms with Crippen molar-refractivity contribution in [3.8, 4) is 0 Å². The Kier molecular flexibility index (Phi) is 3.13. The van der Waals surface area contributed by atoms with E-state index < -0.39 is 4.92 Å². The number of nitrogens with one attached hydrogen (secondary N) is 1. The van der Waals surface area contributed by atoms with Crippen molar-refractivity contribution < 1.29 is 9.72 Å². The van der Waals surface area contributed by atoms with Gasteiger partial charge in [-0.25, -0.2) is 9.97 Å². The lowest BCUT2D eigenvalue weighted by Crippen LogP contribution is -2.31. The lowest BCUT2D eigenvalue weighted by Gasteiger charge is -2.13. The molecule has 1 aliphatic heterocycles. The van der Waals surface area contributed by atoms with Crippen molar-refractivity contribution in [3.05, 3.63) is 34.6 Å². The highest BCUT2D eigenvalue weighted by molar-refractivity contribution is 5.93. The highest BCUT2D eigenvalue weighted by Crippen LogP contribution is 2.25. The van der Waals surface area contributed by atoms with E-state index in [1.165, 1.54) is 18.5 Å². The maximum absolute atomic E-state index is 11.9. The lowest BCUT2D eigenvalue weighted by atomic mass is 10.2. The van der Waals surface area contributed by atoms with E-state index in [-0.39, 0.29) is 17.6 Å². The normalized spacial score (nSPS) is 18.2. The van der Waals surface area contributed by atoms with E-state index in [1.54, 1.807) is 18.0 Å². The van der Waals surface area contributed by atoms with E-state index in [9.17, 15) is 14.9 Å². The van der Waals surface area contributed by atoms with Gasteiger partial charge in [0, 0.05) is 31.1 Å². The number of non-ortho nitro benzene ring substituents is 1. The molecule has 1 amide bonds. The van der Waals surface area contributed by atoms with Gasteiger partial charge in [0.05, 0.1) is 10.4 Å². The molecule has 0 radical (unpaired) electrons. The van der Waals surface area contributed by atoms with Crippen LogP contribution in [0.5, 0.6) is 0 Å². The van der Waals surface area contributed by atoms with Gasteiger partial charge in [-0.1, -0.05) is 0 Å². The third kappa shape index (κ3) is 2.35. The average Bonchev–Trinajstić information content (AvgIpc) is 2.79. The molecular formula is C13H13N5O3. The van der Waals surface area contributed by atoms with E-state index in [4.69, 9.17) is 0 Å². The lowest BCUT2D eigenvalue weighted by molar-refractivity contribution is -0.384. The number of hydrogen-bond donors (Lipinski definition) is 1. The maximum Gasteiger partial charge on any atom is 0.270 e. The second-order valence-corrected chi connectivity index (χ2v) is 4.93. The van der Waals surface area contributed by atoms with Gasteiger partial charge in [0.2, 0.25) is 5.91 Å². The molecular weight excluding hydrogens is 274 g/mol. The number of nitro groups is 1. The predicted octanol–water partition coefficient (Wildman–Crippen LogP) is 1.18. The molecule has 0 aliphatic carbocycles. The molecule has 0 spiro atoms. The molecule has 8 heteroatoms. The average molecular weight is 287 g/mol. The van der Waals surface area contributed by atoms with Crippen LogP contribution in [0, 0.1) is 10.1 Å². The second-order valence-electron chi connectivity index (χ2n) is 4.93. The Hall–Kier alpha value is -2.77. The zero-order chi connectivity index (χ0) is 15.0. The SMILES string of the molecule is CN1CCC(Nc2ncnc3ccc([N+](=O)[O-])cc23)C1=O. The third-order valence-corrected chi connectivity index (χ3v) is 3.57. The Morgan fingerprint density at radius 1 is 1.43 bits per heavy atom. The zero-order valence-corrected chi connectivity index (χ0v) is 11.3. The number of nitro benzene ring substituents is 1. The smallest absolute Gasteiger partial charge is 0.270 e. The van der Waals surface area contributed by atoms with Gasteiger partial charge in [-0.3, -0.25) is 14.9 Å². The summed E-state index contributed by atoms with van der Waals surface area (Å²) >= 11 is 0. The van der Waals surface area contributed by atoms with Gasteiger partial charge in [0.25, 0.3) is 5.69 Å². The molecule has 1 aliphatic rings. The first-order valence-corrected chi connectivity index (χ1v) is 6.47. The number of aromatic nitrogens is 2. The summed E-state index contributed by atoms with van der Waals surface area (Å²) < 4.78 is 0. The molecule has 0 saturated carbocycles. The van der Waals surface area contributed by atoms with E-state index in [2.05, 4.69) is 15.3 Å². The third-order valence-electron chi connectivity index (χ3n) is 3.57. The first kappa shape index (κ1) is 13.2. The van der Waals surface area contributed by atoms with Crippen molar-refractivity contribution in [2.24, 2.45) is 0 Å². The fraction of sp³-hybridized carbons (Fsp3) is 0.308. The summed E-state index contributed by atoms with van der Waals surface area (Å²) in [5, 5.41) is 14.5. The van der Waals surface area contributed by atoms with Gasteiger partial charge in [-0.2, -0.15) is 0 Å². The van der Waals surface area contributed by atoms with Gasteiger partial charge >= 0.3 is 0 Å². The predicted molar refractivity (Wildman–Crippen MR) is 75.9 cm³/mol. The number of likely N-dealkylation sites (N-methyl/N-ethyl adjacent to an activating group) is 1. The van der Waals surface area contributed by atoms with Crippen LogP contribution in [0.2, 0.25) is 0 Å². The van der Waals surface area contributed by atoms with Crippen LogP contribution in [-0.2, 0) is 4.79 Å². The fourth-order valence-corrected chi connectivity index (χ4v) is 2.39. The number of amides is 1. The van der Waals surface area contributed by atoms with Crippen molar-refractivity contribution in [1.29, 1.82) is 0 Å². The number of benzene rings is 1. The van der Waals surface area contributed by atoms with Crippen molar-refractivity contribution in [2.45, 2.75) is 12.5 Å². The van der Waals surface area contributed by atoms with E-state index in [0.717, 1.165) is 0 Å². The number of rotatable bonds is 3. The van der Waals surface area contributed by atoms with Gasteiger partial charge in [-0.05, 0) is 12.5 Å². The number of carbonyl (C=O) groups excluding carboxylic acids is 1. The molecule has 1 fully saturated rings. The van der Waals surface area contributed by atoms with E-state index in [1.807, 2.05) is 0 Å². The number of anilines is 1. The van der Waals surface area contributed by atoms with Gasteiger partial charge in [0.1, 0.15) is 18.2 Å². The number of hydrogen-bond acceptors (Lipinski definition) is 6. The highest BCUT2D eigenvalue weighted by atomic mass is 16.6. The molecule has 21 heavy (non-hydrogen) atoms. The van der Waals surface area contributed by atoms with E-state index >= 15 is 0 Å². The van der Waals surface area contributed by atoms with Crippen molar-refractivity contribution >= 4 is 28.3 Å². The molecule has 1 aromatic heterocycles. The van der Waals surface area contributed by atoms with Crippen LogP contribution >= 0.6 is 0 Å². The molecule has 2 heterocycles. The van der Waals surface area contributed by atoms with E-state index in [0.29, 0.717) is 29.7 Å². The summed E-state index contributed by atoms with van der Waals surface area (Å²) in [5.74, 6) is 0.435. The molecule has 1 atom stereocenters. The van der Waals surface area contributed by atoms with Gasteiger partial charge in [-0.15, -0.1) is 0 Å². The summed E-state index contributed by atoms with van der Waals surface area (Å²) in [6.45, 7) is 0.680. The largest absolute Gasteiger partial charge is 0.358 e. The number of carbonyl (C=O) groups is 1. The summed E-state index contributed by atoms with van der Waals surface area (Å²) in [6, 6.07) is 4.03. The molecule has 1 N–H and O–H groups in total. The zero-order valence-electron chi connectivity index (χ0n) is 11.3. The Balaban J connectivity index is 2.00. The Morgan fingerprint density at radius 2 is 2.24 bits per heavy atom. The summed E-state index contributed by atoms with van der Waals surface area (Å²) in [5.41, 5.74) is 0.562. The van der Waals surface area contributed by atoms with Crippen LogP contribution in [-0.4, -0.2) is 45.3 Å². The standard InChI is InChI=1S/C13H13N5O3/c1-17-5-4-11(13(17)19)16-12-9-6-8(18(20)21)2-3-10(9)14-7-15-12/h2-3,6-7,11H,4-5H2,1H3,(H,14,15,16). The molecule has 3 rings (SSSR count). The van der Waals surface area contributed by atoms with Crippen LogP contribution in [0.25, 0.3) is 10.9 Å². The second kappa shape index (κ2) is 4.97. The Bertz CT molecular complexity index is 733. The quantitative estimate of drug-likeness (QED) is 0.672. The topological polar surface area (TPSA) is 101 Å². The van der Waals surface area contributed by atoms with Crippen molar-refractivity contribution in [2.75, 3.05) is 18.9 Å². The maximum atomic E-state index is 11.9. The molecule has 0 bridgehead atoms.